The Bertz CT molecular complexity index is 1210. The fourth-order valence-electron chi connectivity index (χ4n) is 4.74. The second kappa shape index (κ2) is 7.75. The summed E-state index contributed by atoms with van der Waals surface area (Å²) >= 11 is 0. The molecule has 3 heterocycles. The molecule has 6 nitrogen and oxygen atoms in total. The lowest BCUT2D eigenvalue weighted by atomic mass is 9.72. The van der Waals surface area contributed by atoms with Gasteiger partial charge in [-0.2, -0.15) is 0 Å². The lowest BCUT2D eigenvalue weighted by molar-refractivity contribution is -0.00476. The van der Waals surface area contributed by atoms with Gasteiger partial charge >= 0.3 is 0 Å². The number of hydrogen-bond acceptors (Lipinski definition) is 6. The SMILES string of the molecule is COc1ccc(F)c(C2=CC=CC(C3(c4ccncc4)N=C(N)N4CC(F)(F)CN=C43)C2)c1. The van der Waals surface area contributed by atoms with Gasteiger partial charge in [-0.1, -0.05) is 18.2 Å². The average molecular weight is 453 g/mol. The Morgan fingerprint density at radius 3 is 2.73 bits per heavy atom. The van der Waals surface area contributed by atoms with E-state index >= 15 is 0 Å². The first-order valence-electron chi connectivity index (χ1n) is 10.5. The molecule has 1 aliphatic carbocycles. The van der Waals surface area contributed by atoms with E-state index < -0.39 is 24.6 Å². The molecule has 0 spiro atoms. The van der Waals surface area contributed by atoms with Crippen LogP contribution < -0.4 is 10.5 Å². The largest absolute Gasteiger partial charge is 0.497 e. The zero-order chi connectivity index (χ0) is 23.2. The highest BCUT2D eigenvalue weighted by molar-refractivity contribution is 6.11. The number of ether oxygens (including phenoxy) is 1. The predicted octanol–water partition coefficient (Wildman–Crippen LogP) is 3.76. The van der Waals surface area contributed by atoms with Gasteiger partial charge in [0.2, 0.25) is 0 Å². The van der Waals surface area contributed by atoms with E-state index in [2.05, 4.69) is 9.98 Å². The van der Waals surface area contributed by atoms with E-state index in [0.717, 1.165) is 11.1 Å². The first-order valence-corrected chi connectivity index (χ1v) is 10.5. The molecule has 1 aromatic carbocycles. The van der Waals surface area contributed by atoms with Crippen LogP contribution in [0.25, 0.3) is 5.57 Å². The predicted molar refractivity (Wildman–Crippen MR) is 120 cm³/mol. The number of allylic oxidation sites excluding steroid dienone is 3. The molecule has 0 saturated heterocycles. The molecule has 170 valence electrons. The molecule has 0 saturated carbocycles. The third-order valence-electron chi connectivity index (χ3n) is 6.27. The van der Waals surface area contributed by atoms with Crippen LogP contribution in [0.5, 0.6) is 5.75 Å². The van der Waals surface area contributed by atoms with E-state index in [9.17, 15) is 13.2 Å². The van der Waals surface area contributed by atoms with E-state index in [1.165, 1.54) is 18.1 Å². The summed E-state index contributed by atoms with van der Waals surface area (Å²) in [6, 6.07) is 8.14. The van der Waals surface area contributed by atoms with Crippen LogP contribution in [0.2, 0.25) is 0 Å². The Morgan fingerprint density at radius 2 is 1.97 bits per heavy atom. The molecule has 2 aromatic rings. The van der Waals surface area contributed by atoms with Crippen LogP contribution in [-0.4, -0.2) is 47.8 Å². The van der Waals surface area contributed by atoms with Crippen molar-refractivity contribution in [1.29, 1.82) is 0 Å². The molecule has 9 heteroatoms. The van der Waals surface area contributed by atoms with Crippen molar-refractivity contribution in [1.82, 2.24) is 9.88 Å². The van der Waals surface area contributed by atoms with Gasteiger partial charge in [0.05, 0.1) is 13.7 Å². The van der Waals surface area contributed by atoms with Gasteiger partial charge in [-0.25, -0.2) is 18.2 Å². The van der Waals surface area contributed by atoms with Gasteiger partial charge in [0.15, 0.2) is 11.5 Å². The van der Waals surface area contributed by atoms with Crippen molar-refractivity contribution in [3.8, 4) is 5.75 Å². The number of guanidine groups is 1. The highest BCUT2D eigenvalue weighted by Crippen LogP contribution is 2.48. The Hall–Kier alpha value is -3.62. The number of hydrogen-bond donors (Lipinski definition) is 1. The molecular formula is C24H22F3N5O. The van der Waals surface area contributed by atoms with E-state index in [0.29, 0.717) is 23.6 Å². The summed E-state index contributed by atoms with van der Waals surface area (Å²) in [6.45, 7) is -1.23. The van der Waals surface area contributed by atoms with Crippen LogP contribution in [0.3, 0.4) is 0 Å². The minimum absolute atomic E-state index is 0.0120. The Kier molecular flexibility index (Phi) is 4.99. The number of nitrogens with two attached hydrogens (primary N) is 1. The molecule has 2 atom stereocenters. The van der Waals surface area contributed by atoms with Crippen molar-refractivity contribution in [2.45, 2.75) is 17.9 Å². The first kappa shape index (κ1) is 21.2. The first-order chi connectivity index (χ1) is 15.8. The lowest BCUT2D eigenvalue weighted by Gasteiger charge is -2.39. The molecule has 1 aromatic heterocycles. The number of amidine groups is 1. The molecule has 2 N–H and O–H groups in total. The minimum Gasteiger partial charge on any atom is -0.497 e. The molecule has 0 amide bonds. The van der Waals surface area contributed by atoms with E-state index in [4.69, 9.17) is 15.5 Å². The van der Waals surface area contributed by atoms with Crippen molar-refractivity contribution in [2.75, 3.05) is 20.2 Å². The van der Waals surface area contributed by atoms with E-state index in [1.54, 1.807) is 36.7 Å². The van der Waals surface area contributed by atoms with Crippen molar-refractivity contribution in [2.24, 2.45) is 21.6 Å². The van der Waals surface area contributed by atoms with Crippen LogP contribution >= 0.6 is 0 Å². The van der Waals surface area contributed by atoms with Crippen molar-refractivity contribution >= 4 is 17.4 Å². The number of pyridine rings is 1. The molecule has 3 aliphatic rings. The summed E-state index contributed by atoms with van der Waals surface area (Å²) in [5.74, 6) is -2.83. The van der Waals surface area contributed by atoms with E-state index in [-0.39, 0.29) is 17.7 Å². The van der Waals surface area contributed by atoms with Gasteiger partial charge in [-0.3, -0.25) is 14.9 Å². The second-order valence-corrected chi connectivity index (χ2v) is 8.29. The van der Waals surface area contributed by atoms with Gasteiger partial charge in [0.1, 0.15) is 23.9 Å². The number of aliphatic imine (C=N–C) groups is 2. The quantitative estimate of drug-likeness (QED) is 0.765. The summed E-state index contributed by atoms with van der Waals surface area (Å²) in [7, 11) is 1.52. The van der Waals surface area contributed by atoms with Crippen LogP contribution in [0, 0.1) is 11.7 Å². The van der Waals surface area contributed by atoms with Crippen molar-refractivity contribution in [3.05, 3.63) is 77.9 Å². The summed E-state index contributed by atoms with van der Waals surface area (Å²) < 4.78 is 48.3. The second-order valence-electron chi connectivity index (χ2n) is 8.29. The molecule has 2 aliphatic heterocycles. The Balaban J connectivity index is 1.61. The highest BCUT2D eigenvalue weighted by Gasteiger charge is 2.55. The van der Waals surface area contributed by atoms with Crippen molar-refractivity contribution < 1.29 is 17.9 Å². The zero-order valence-electron chi connectivity index (χ0n) is 17.9. The molecular weight excluding hydrogens is 431 g/mol. The fourth-order valence-corrected chi connectivity index (χ4v) is 4.74. The minimum atomic E-state index is -3.00. The third-order valence-corrected chi connectivity index (χ3v) is 6.27. The number of benzene rings is 1. The van der Waals surface area contributed by atoms with Gasteiger partial charge < -0.3 is 10.5 Å². The zero-order valence-corrected chi connectivity index (χ0v) is 17.9. The van der Waals surface area contributed by atoms with Gasteiger partial charge in [-0.05, 0) is 47.9 Å². The van der Waals surface area contributed by atoms with Crippen LogP contribution in [0.15, 0.2) is 70.9 Å². The normalized spacial score (nSPS) is 25.8. The standard InChI is InChI=1S/C24H22F3N5O/c1-33-18-5-6-20(25)19(12-18)15-3-2-4-17(11-15)24(16-7-9-29-10-8-16)21-30-13-23(26,27)14-32(21)22(28)31-24/h2-10,12,17H,11,13-14H2,1H3,(H2,28,31). The number of alkyl halides is 2. The summed E-state index contributed by atoms with van der Waals surface area (Å²) in [5, 5.41) is 0. The number of methoxy groups -OCH3 is 1. The molecule has 2 unspecified atom stereocenters. The van der Waals surface area contributed by atoms with Gasteiger partial charge in [0.25, 0.3) is 5.92 Å². The summed E-state index contributed by atoms with van der Waals surface area (Å²) in [5.41, 5.74) is 6.92. The lowest BCUT2D eigenvalue weighted by Crippen LogP contribution is -2.54. The molecule has 5 rings (SSSR count). The maximum absolute atomic E-state index is 14.7. The van der Waals surface area contributed by atoms with Crippen LogP contribution in [0.4, 0.5) is 13.2 Å². The van der Waals surface area contributed by atoms with Gasteiger partial charge in [-0.15, -0.1) is 0 Å². The average Bonchev–Trinajstić information content (AvgIpc) is 3.11. The monoisotopic (exact) mass is 453 g/mol. The van der Waals surface area contributed by atoms with E-state index in [1.807, 2.05) is 18.2 Å². The van der Waals surface area contributed by atoms with Crippen LogP contribution in [-0.2, 0) is 5.54 Å². The third kappa shape index (κ3) is 3.48. The Morgan fingerprint density at radius 1 is 1.18 bits per heavy atom. The number of fused-ring (bicyclic) bond motifs is 1. The number of aromatic nitrogens is 1. The molecule has 0 bridgehead atoms. The molecule has 0 radical (unpaired) electrons. The highest BCUT2D eigenvalue weighted by atomic mass is 19.3. The number of nitrogens with zero attached hydrogens (tertiary/aromatic N) is 4. The molecule has 0 fully saturated rings. The summed E-state index contributed by atoms with van der Waals surface area (Å²) in [4.78, 5) is 14.4. The van der Waals surface area contributed by atoms with Crippen molar-refractivity contribution in [3.63, 3.8) is 0 Å². The number of rotatable bonds is 4. The van der Waals surface area contributed by atoms with Gasteiger partial charge in [0, 0.05) is 23.9 Å². The fraction of sp³-hybridized carbons (Fsp3) is 0.292. The number of halogens is 3. The topological polar surface area (TPSA) is 76.1 Å². The van der Waals surface area contributed by atoms with Crippen LogP contribution in [0.1, 0.15) is 17.5 Å². The maximum Gasteiger partial charge on any atom is 0.284 e. The smallest absolute Gasteiger partial charge is 0.284 e. The Labute approximate surface area is 189 Å². The molecule has 33 heavy (non-hydrogen) atoms. The maximum atomic E-state index is 14.7. The summed E-state index contributed by atoms with van der Waals surface area (Å²) in [6.07, 6.45) is 9.24.